The van der Waals surface area contributed by atoms with Gasteiger partial charge in [-0.15, -0.1) is 11.3 Å². The highest BCUT2D eigenvalue weighted by Crippen LogP contribution is 2.33. The summed E-state index contributed by atoms with van der Waals surface area (Å²) >= 11 is 1.65. The molecule has 0 aliphatic heterocycles. The fraction of sp³-hybridized carbons (Fsp3) is 0.267. The SMILES string of the molecule is COc1cc2ncnc(NCCc3nccs3)c2cc1OC. The monoisotopic (exact) mass is 316 g/mol. The van der Waals surface area contributed by atoms with E-state index in [4.69, 9.17) is 9.47 Å². The van der Waals surface area contributed by atoms with Crippen molar-refractivity contribution in [3.63, 3.8) is 0 Å². The predicted octanol–water partition coefficient (Wildman–Crippen LogP) is 2.76. The third-order valence-electron chi connectivity index (χ3n) is 3.26. The minimum atomic E-state index is 0.655. The molecule has 0 saturated heterocycles. The molecule has 3 rings (SSSR count). The summed E-state index contributed by atoms with van der Waals surface area (Å²) in [6.45, 7) is 0.758. The Hall–Kier alpha value is -2.41. The van der Waals surface area contributed by atoms with Crippen LogP contribution >= 0.6 is 11.3 Å². The molecule has 22 heavy (non-hydrogen) atoms. The summed E-state index contributed by atoms with van der Waals surface area (Å²) in [5.74, 6) is 2.10. The second kappa shape index (κ2) is 6.57. The zero-order chi connectivity index (χ0) is 15.4. The van der Waals surface area contributed by atoms with Gasteiger partial charge in [0.1, 0.15) is 12.1 Å². The van der Waals surface area contributed by atoms with Gasteiger partial charge >= 0.3 is 0 Å². The number of anilines is 1. The largest absolute Gasteiger partial charge is 0.493 e. The van der Waals surface area contributed by atoms with Gasteiger partial charge in [0, 0.05) is 36.0 Å². The summed E-state index contributed by atoms with van der Waals surface area (Å²) in [6.07, 6.45) is 4.22. The molecule has 0 saturated carbocycles. The van der Waals surface area contributed by atoms with Gasteiger partial charge in [0.2, 0.25) is 0 Å². The maximum absolute atomic E-state index is 5.35. The topological polar surface area (TPSA) is 69.2 Å². The Labute approximate surface area is 132 Å². The smallest absolute Gasteiger partial charge is 0.162 e. The van der Waals surface area contributed by atoms with Crippen LogP contribution in [0.3, 0.4) is 0 Å². The van der Waals surface area contributed by atoms with E-state index in [1.165, 1.54) is 0 Å². The van der Waals surface area contributed by atoms with Crippen LogP contribution in [0.5, 0.6) is 11.5 Å². The highest BCUT2D eigenvalue weighted by Gasteiger charge is 2.10. The quantitative estimate of drug-likeness (QED) is 0.754. The van der Waals surface area contributed by atoms with Crippen molar-refractivity contribution in [2.75, 3.05) is 26.1 Å². The normalized spacial score (nSPS) is 10.6. The average Bonchev–Trinajstić information content (AvgIpc) is 3.07. The fourth-order valence-corrected chi connectivity index (χ4v) is 2.81. The summed E-state index contributed by atoms with van der Waals surface area (Å²) in [4.78, 5) is 12.9. The highest BCUT2D eigenvalue weighted by atomic mass is 32.1. The maximum atomic E-state index is 5.35. The van der Waals surface area contributed by atoms with Gasteiger partial charge < -0.3 is 14.8 Å². The van der Waals surface area contributed by atoms with Gasteiger partial charge in [-0.2, -0.15) is 0 Å². The van der Waals surface area contributed by atoms with E-state index in [-0.39, 0.29) is 0 Å². The van der Waals surface area contributed by atoms with Crippen LogP contribution in [0.4, 0.5) is 5.82 Å². The summed E-state index contributed by atoms with van der Waals surface area (Å²) < 4.78 is 10.6. The van der Waals surface area contributed by atoms with E-state index in [0.717, 1.165) is 34.7 Å². The van der Waals surface area contributed by atoms with Crippen LogP contribution in [0.2, 0.25) is 0 Å². The lowest BCUT2D eigenvalue weighted by Gasteiger charge is -2.11. The lowest BCUT2D eigenvalue weighted by molar-refractivity contribution is 0.356. The molecule has 2 aromatic heterocycles. The van der Waals surface area contributed by atoms with Gasteiger partial charge in [0.05, 0.1) is 24.7 Å². The number of aromatic nitrogens is 3. The minimum absolute atomic E-state index is 0.655. The van der Waals surface area contributed by atoms with Gasteiger partial charge in [-0.05, 0) is 6.07 Å². The molecule has 0 spiro atoms. The van der Waals surface area contributed by atoms with Crippen LogP contribution in [0.15, 0.2) is 30.0 Å². The Bertz CT molecular complexity index is 762. The number of hydrogen-bond acceptors (Lipinski definition) is 7. The second-order valence-electron chi connectivity index (χ2n) is 4.55. The number of ether oxygens (including phenoxy) is 2. The fourth-order valence-electron chi connectivity index (χ4n) is 2.19. The third-order valence-corrected chi connectivity index (χ3v) is 4.09. The van der Waals surface area contributed by atoms with Gasteiger partial charge in [0.15, 0.2) is 11.5 Å². The van der Waals surface area contributed by atoms with Crippen LogP contribution < -0.4 is 14.8 Å². The Morgan fingerprint density at radius 1 is 1.09 bits per heavy atom. The molecule has 1 aromatic carbocycles. The Morgan fingerprint density at radius 2 is 1.91 bits per heavy atom. The molecule has 0 unspecified atom stereocenters. The van der Waals surface area contributed by atoms with E-state index < -0.39 is 0 Å². The lowest BCUT2D eigenvalue weighted by Crippen LogP contribution is -2.07. The van der Waals surface area contributed by atoms with Crippen molar-refractivity contribution in [3.05, 3.63) is 35.0 Å². The van der Waals surface area contributed by atoms with E-state index in [9.17, 15) is 0 Å². The van der Waals surface area contributed by atoms with Crippen molar-refractivity contribution >= 4 is 28.1 Å². The molecule has 0 fully saturated rings. The Balaban J connectivity index is 1.85. The standard InChI is InChI=1S/C15H16N4O2S/c1-20-12-7-10-11(8-13(12)21-2)18-9-19-15(10)17-4-3-14-16-5-6-22-14/h5-9H,3-4H2,1-2H3,(H,17,18,19). The molecule has 0 bridgehead atoms. The molecule has 0 radical (unpaired) electrons. The van der Waals surface area contributed by atoms with E-state index in [2.05, 4.69) is 20.3 Å². The predicted molar refractivity (Wildman–Crippen MR) is 86.9 cm³/mol. The third kappa shape index (κ3) is 2.94. The van der Waals surface area contributed by atoms with Crippen LogP contribution in [-0.4, -0.2) is 35.7 Å². The first-order valence-corrected chi connectivity index (χ1v) is 7.68. The van der Waals surface area contributed by atoms with Crippen molar-refractivity contribution in [1.29, 1.82) is 0 Å². The Morgan fingerprint density at radius 3 is 2.64 bits per heavy atom. The van der Waals surface area contributed by atoms with Crippen molar-refractivity contribution < 1.29 is 9.47 Å². The highest BCUT2D eigenvalue weighted by molar-refractivity contribution is 7.09. The molecule has 114 valence electrons. The van der Waals surface area contributed by atoms with Crippen molar-refractivity contribution in [2.24, 2.45) is 0 Å². The van der Waals surface area contributed by atoms with E-state index in [0.29, 0.717) is 11.5 Å². The molecule has 0 aliphatic rings. The second-order valence-corrected chi connectivity index (χ2v) is 5.53. The number of benzene rings is 1. The van der Waals surface area contributed by atoms with E-state index in [1.54, 1.807) is 31.9 Å². The van der Waals surface area contributed by atoms with Gasteiger partial charge in [-0.3, -0.25) is 0 Å². The summed E-state index contributed by atoms with van der Waals surface area (Å²) in [7, 11) is 3.22. The molecule has 0 amide bonds. The van der Waals surface area contributed by atoms with Gasteiger partial charge in [-0.25, -0.2) is 15.0 Å². The molecule has 0 aliphatic carbocycles. The van der Waals surface area contributed by atoms with Gasteiger partial charge in [0.25, 0.3) is 0 Å². The molecule has 3 aromatic rings. The maximum Gasteiger partial charge on any atom is 0.162 e. The number of rotatable bonds is 6. The van der Waals surface area contributed by atoms with Crippen LogP contribution in [-0.2, 0) is 6.42 Å². The molecule has 0 atom stereocenters. The van der Waals surface area contributed by atoms with Crippen LogP contribution in [0.25, 0.3) is 10.9 Å². The average molecular weight is 316 g/mol. The molecule has 6 nitrogen and oxygen atoms in total. The molecular weight excluding hydrogens is 300 g/mol. The van der Waals surface area contributed by atoms with Crippen molar-refractivity contribution in [1.82, 2.24) is 15.0 Å². The van der Waals surface area contributed by atoms with Crippen molar-refractivity contribution in [3.8, 4) is 11.5 Å². The summed E-state index contributed by atoms with van der Waals surface area (Å²) in [6, 6.07) is 3.74. The number of nitrogens with one attached hydrogen (secondary N) is 1. The van der Waals surface area contributed by atoms with Crippen LogP contribution in [0.1, 0.15) is 5.01 Å². The zero-order valence-electron chi connectivity index (χ0n) is 12.4. The zero-order valence-corrected chi connectivity index (χ0v) is 13.2. The number of hydrogen-bond donors (Lipinski definition) is 1. The van der Waals surface area contributed by atoms with E-state index in [1.807, 2.05) is 23.7 Å². The molecule has 1 N–H and O–H groups in total. The number of methoxy groups -OCH3 is 2. The first-order valence-electron chi connectivity index (χ1n) is 6.81. The van der Waals surface area contributed by atoms with E-state index >= 15 is 0 Å². The van der Waals surface area contributed by atoms with Gasteiger partial charge in [-0.1, -0.05) is 0 Å². The molecule has 2 heterocycles. The number of fused-ring (bicyclic) bond motifs is 1. The lowest BCUT2D eigenvalue weighted by atomic mass is 10.2. The van der Waals surface area contributed by atoms with Crippen LogP contribution in [0, 0.1) is 0 Å². The summed E-state index contributed by atoms with van der Waals surface area (Å²) in [5.41, 5.74) is 0.810. The number of nitrogens with zero attached hydrogens (tertiary/aromatic N) is 3. The first-order chi connectivity index (χ1) is 10.8. The Kier molecular flexibility index (Phi) is 4.34. The van der Waals surface area contributed by atoms with Crippen molar-refractivity contribution in [2.45, 2.75) is 6.42 Å². The number of thiazole rings is 1. The molecule has 7 heteroatoms. The first kappa shape index (κ1) is 14.5. The summed E-state index contributed by atoms with van der Waals surface area (Å²) in [5, 5.41) is 7.32. The molecular formula is C15H16N4O2S. The minimum Gasteiger partial charge on any atom is -0.493 e.